The van der Waals surface area contributed by atoms with Crippen LogP contribution in [0.3, 0.4) is 0 Å². The molecule has 0 atom stereocenters. The van der Waals surface area contributed by atoms with Gasteiger partial charge in [-0.25, -0.2) is 0 Å². The minimum absolute atomic E-state index is 0.106. The van der Waals surface area contributed by atoms with E-state index in [1.165, 1.54) is 71.4 Å². The van der Waals surface area contributed by atoms with Crippen LogP contribution in [0.2, 0.25) is 0 Å². The molecule has 0 amide bonds. The molecule has 1 aromatic heterocycles. The first-order valence-corrected chi connectivity index (χ1v) is 18.4. The molecule has 2 aliphatic rings. The highest BCUT2D eigenvalue weighted by atomic mass is 16.3. The van der Waals surface area contributed by atoms with Gasteiger partial charge in [0, 0.05) is 50.3 Å². The maximum absolute atomic E-state index is 7.11. The number of nitrogens with zero attached hydrogens (tertiary/aromatic N) is 1. The monoisotopic (exact) mass is 667 g/mol. The van der Waals surface area contributed by atoms with Crippen molar-refractivity contribution in [2.45, 2.75) is 38.5 Å². The first kappa shape index (κ1) is 29.6. The van der Waals surface area contributed by atoms with Gasteiger partial charge in [0.1, 0.15) is 11.2 Å². The summed E-state index contributed by atoms with van der Waals surface area (Å²) in [5.74, 6) is 0. The summed E-state index contributed by atoms with van der Waals surface area (Å²) in [6, 6.07) is 55.9. The van der Waals surface area contributed by atoms with Gasteiger partial charge < -0.3 is 9.32 Å². The Labute approximate surface area is 303 Å². The fraction of sp³-hybridized carbons (Fsp3) is 0.120. The second-order valence-electron chi connectivity index (χ2n) is 15.7. The van der Waals surface area contributed by atoms with Crippen molar-refractivity contribution in [3.8, 4) is 22.3 Å². The van der Waals surface area contributed by atoms with Crippen LogP contribution in [0.5, 0.6) is 0 Å². The van der Waals surface area contributed by atoms with Crippen molar-refractivity contribution in [1.29, 1.82) is 0 Å². The van der Waals surface area contributed by atoms with Gasteiger partial charge in [-0.15, -0.1) is 0 Å². The Kier molecular flexibility index (Phi) is 5.83. The third-order valence-electron chi connectivity index (χ3n) is 12.2. The predicted octanol–water partition coefficient (Wildman–Crippen LogP) is 14.0. The van der Waals surface area contributed by atoms with Crippen molar-refractivity contribution < 1.29 is 4.42 Å². The minimum atomic E-state index is -0.141. The first-order chi connectivity index (χ1) is 25.3. The summed E-state index contributed by atoms with van der Waals surface area (Å²) in [6.07, 6.45) is 0. The molecule has 0 saturated carbocycles. The zero-order valence-corrected chi connectivity index (χ0v) is 29.8. The second kappa shape index (κ2) is 10.2. The molecule has 0 N–H and O–H groups in total. The lowest BCUT2D eigenvalue weighted by Gasteiger charge is -2.28. The van der Waals surface area contributed by atoms with Crippen LogP contribution in [0, 0.1) is 0 Å². The lowest BCUT2D eigenvalue weighted by atomic mass is 9.79. The van der Waals surface area contributed by atoms with Crippen LogP contribution in [0.15, 0.2) is 156 Å². The van der Waals surface area contributed by atoms with Crippen LogP contribution in [0.25, 0.3) is 65.7 Å². The summed E-state index contributed by atoms with van der Waals surface area (Å²) in [6.45, 7) is 9.41. The van der Waals surface area contributed by atoms with Gasteiger partial charge in [-0.2, -0.15) is 0 Å². The molecule has 0 spiro atoms. The summed E-state index contributed by atoms with van der Waals surface area (Å²) >= 11 is 0. The molecule has 8 aromatic carbocycles. The number of benzene rings is 8. The van der Waals surface area contributed by atoms with Crippen LogP contribution in [-0.2, 0) is 10.8 Å². The van der Waals surface area contributed by atoms with Gasteiger partial charge in [0.25, 0.3) is 0 Å². The highest BCUT2D eigenvalue weighted by molar-refractivity contribution is 6.25. The quantitative estimate of drug-likeness (QED) is 0.186. The van der Waals surface area contributed by atoms with Gasteiger partial charge >= 0.3 is 0 Å². The second-order valence-corrected chi connectivity index (χ2v) is 15.7. The molecule has 0 bridgehead atoms. The number of hydrogen-bond donors (Lipinski definition) is 0. The molecular weight excluding hydrogens is 631 g/mol. The Balaban J connectivity index is 1.17. The van der Waals surface area contributed by atoms with Crippen molar-refractivity contribution in [2.24, 2.45) is 0 Å². The highest BCUT2D eigenvalue weighted by Gasteiger charge is 2.40. The fourth-order valence-electron chi connectivity index (χ4n) is 9.72. The van der Waals surface area contributed by atoms with E-state index in [9.17, 15) is 0 Å². The minimum Gasteiger partial charge on any atom is -0.455 e. The molecule has 0 saturated heterocycles. The summed E-state index contributed by atoms with van der Waals surface area (Å²) in [5.41, 5.74) is 15.6. The van der Waals surface area contributed by atoms with Crippen molar-refractivity contribution in [1.82, 2.24) is 0 Å². The summed E-state index contributed by atoms with van der Waals surface area (Å²) < 4.78 is 7.11. The van der Waals surface area contributed by atoms with E-state index in [0.29, 0.717) is 0 Å². The Morgan fingerprint density at radius 1 is 0.442 bits per heavy atom. The van der Waals surface area contributed by atoms with Gasteiger partial charge in [-0.05, 0) is 96.9 Å². The summed E-state index contributed by atoms with van der Waals surface area (Å²) in [5, 5.41) is 7.33. The van der Waals surface area contributed by atoms with Crippen molar-refractivity contribution in [3.63, 3.8) is 0 Å². The molecule has 9 aromatic rings. The summed E-state index contributed by atoms with van der Waals surface area (Å²) in [4.78, 5) is 2.40. The third kappa shape index (κ3) is 3.84. The van der Waals surface area contributed by atoms with E-state index >= 15 is 0 Å². The molecule has 0 fully saturated rings. The molecule has 52 heavy (non-hydrogen) atoms. The molecule has 11 rings (SSSR count). The molecule has 0 radical (unpaired) electrons. The number of hydrogen-bond acceptors (Lipinski definition) is 2. The number of rotatable bonds is 3. The van der Waals surface area contributed by atoms with Gasteiger partial charge in [0.15, 0.2) is 0 Å². The predicted molar refractivity (Wildman–Crippen MR) is 219 cm³/mol. The van der Waals surface area contributed by atoms with Crippen LogP contribution in [0.4, 0.5) is 17.1 Å². The molecule has 0 aliphatic heterocycles. The van der Waals surface area contributed by atoms with Crippen LogP contribution in [0.1, 0.15) is 49.9 Å². The van der Waals surface area contributed by atoms with Crippen LogP contribution >= 0.6 is 0 Å². The van der Waals surface area contributed by atoms with Crippen molar-refractivity contribution >= 4 is 60.5 Å². The zero-order valence-electron chi connectivity index (χ0n) is 29.8. The molecular formula is C50H37NO. The molecule has 2 heteroatoms. The van der Waals surface area contributed by atoms with Gasteiger partial charge in [-0.1, -0.05) is 137 Å². The van der Waals surface area contributed by atoms with E-state index in [1.54, 1.807) is 0 Å². The normalized spacial score (nSPS) is 14.8. The molecule has 2 nitrogen and oxygen atoms in total. The lowest BCUT2D eigenvalue weighted by molar-refractivity contribution is 0.657. The highest BCUT2D eigenvalue weighted by Crippen LogP contribution is 2.56. The SMILES string of the molecule is CC1(C)c2ccccc2-c2ccc(N(c3ccc4ccccc4c3)c3ccc4c(c3)oc3c5c(c6ccccc6c34)C(C)(C)c3ccccc3-5)cc21. The average molecular weight is 668 g/mol. The van der Waals surface area contributed by atoms with Gasteiger partial charge in [0.2, 0.25) is 0 Å². The largest absolute Gasteiger partial charge is 0.455 e. The maximum atomic E-state index is 7.11. The maximum Gasteiger partial charge on any atom is 0.144 e. The van der Waals surface area contributed by atoms with Crippen LogP contribution in [-0.4, -0.2) is 0 Å². The zero-order chi connectivity index (χ0) is 34.9. The smallest absolute Gasteiger partial charge is 0.144 e. The van der Waals surface area contributed by atoms with Crippen molar-refractivity contribution in [3.05, 3.63) is 174 Å². The van der Waals surface area contributed by atoms with Gasteiger partial charge in [-0.3, -0.25) is 0 Å². The molecule has 1 heterocycles. The Morgan fingerprint density at radius 2 is 1.04 bits per heavy atom. The van der Waals surface area contributed by atoms with E-state index in [4.69, 9.17) is 4.42 Å². The molecule has 248 valence electrons. The van der Waals surface area contributed by atoms with E-state index in [2.05, 4.69) is 184 Å². The summed E-state index contributed by atoms with van der Waals surface area (Å²) in [7, 11) is 0. The van der Waals surface area contributed by atoms with Gasteiger partial charge in [0.05, 0.1) is 0 Å². The molecule has 2 aliphatic carbocycles. The Hall–Kier alpha value is -6.12. The topological polar surface area (TPSA) is 16.4 Å². The first-order valence-electron chi connectivity index (χ1n) is 18.4. The molecule has 0 unspecified atom stereocenters. The standard InChI is InChI=1S/C50H37NO/c1-49(2)41-19-11-9-15-35(41)36-25-23-33(28-43(36)49)51(32-22-21-30-13-5-6-14-31(30)27-32)34-24-26-40-44(29-34)52-48-45(40)37-16-7-8-17-38(37)47-46(48)39-18-10-12-20-42(39)50(47,3)4/h5-29H,1-4H3. The number of anilines is 3. The number of furan rings is 1. The average Bonchev–Trinajstić information content (AvgIpc) is 3.75. The van der Waals surface area contributed by atoms with E-state index < -0.39 is 0 Å². The van der Waals surface area contributed by atoms with E-state index in [1.807, 2.05) is 0 Å². The van der Waals surface area contributed by atoms with E-state index in [-0.39, 0.29) is 10.8 Å². The lowest BCUT2D eigenvalue weighted by Crippen LogP contribution is -2.16. The van der Waals surface area contributed by atoms with E-state index in [0.717, 1.165) is 33.6 Å². The Bertz CT molecular complexity index is 2980. The van der Waals surface area contributed by atoms with Crippen molar-refractivity contribution in [2.75, 3.05) is 4.90 Å². The Morgan fingerprint density at radius 3 is 1.87 bits per heavy atom. The third-order valence-corrected chi connectivity index (χ3v) is 12.2. The number of fused-ring (bicyclic) bond motifs is 14. The fourth-order valence-corrected chi connectivity index (χ4v) is 9.72. The van der Waals surface area contributed by atoms with Crippen LogP contribution < -0.4 is 4.90 Å².